The Kier molecular flexibility index (Phi) is 5.50. The molecule has 0 fully saturated rings. The van der Waals surface area contributed by atoms with E-state index in [4.69, 9.17) is 4.74 Å². The number of hydrogen-bond donors (Lipinski definition) is 1. The molecule has 0 radical (unpaired) electrons. The Morgan fingerprint density at radius 1 is 1.20 bits per heavy atom. The number of benzene rings is 1. The minimum Gasteiger partial charge on any atom is -0.458 e. The standard InChI is InChI=1S/C16H21NO3/c1-12(15(19)20-16(2,3)4)17-14(18)11-10-13-8-6-5-7-9-13/h5-12H,1-4H3,(H,17,18)/b11-10+/t12-/m1/s1. The van der Waals surface area contributed by atoms with Crippen molar-refractivity contribution in [1.82, 2.24) is 5.32 Å². The topological polar surface area (TPSA) is 55.4 Å². The van der Waals surface area contributed by atoms with Crippen LogP contribution in [0.1, 0.15) is 33.3 Å². The monoisotopic (exact) mass is 275 g/mol. The number of amides is 1. The molecule has 1 amide bonds. The second-order valence-electron chi connectivity index (χ2n) is 5.51. The van der Waals surface area contributed by atoms with Crippen LogP contribution in [0.15, 0.2) is 36.4 Å². The molecule has 0 aliphatic carbocycles. The van der Waals surface area contributed by atoms with Gasteiger partial charge in [-0.3, -0.25) is 4.79 Å². The van der Waals surface area contributed by atoms with Crippen molar-refractivity contribution in [2.75, 3.05) is 0 Å². The van der Waals surface area contributed by atoms with Crippen molar-refractivity contribution in [2.24, 2.45) is 0 Å². The van der Waals surface area contributed by atoms with Gasteiger partial charge in [0.25, 0.3) is 0 Å². The van der Waals surface area contributed by atoms with E-state index in [9.17, 15) is 9.59 Å². The van der Waals surface area contributed by atoms with Gasteiger partial charge in [0.15, 0.2) is 0 Å². The van der Waals surface area contributed by atoms with Crippen LogP contribution in [-0.2, 0) is 14.3 Å². The van der Waals surface area contributed by atoms with Gasteiger partial charge in [0.1, 0.15) is 11.6 Å². The van der Waals surface area contributed by atoms with E-state index in [1.165, 1.54) is 6.08 Å². The molecule has 1 N–H and O–H groups in total. The Morgan fingerprint density at radius 3 is 2.35 bits per heavy atom. The van der Waals surface area contributed by atoms with E-state index in [0.717, 1.165) is 5.56 Å². The molecule has 1 aromatic rings. The number of rotatable bonds is 4. The summed E-state index contributed by atoms with van der Waals surface area (Å²) in [5.74, 6) is -0.772. The van der Waals surface area contributed by atoms with E-state index >= 15 is 0 Å². The summed E-state index contributed by atoms with van der Waals surface area (Å²) in [5.41, 5.74) is 0.364. The largest absolute Gasteiger partial charge is 0.458 e. The van der Waals surface area contributed by atoms with Crippen LogP contribution in [0.2, 0.25) is 0 Å². The maximum absolute atomic E-state index is 11.7. The van der Waals surface area contributed by atoms with E-state index in [1.54, 1.807) is 33.8 Å². The van der Waals surface area contributed by atoms with E-state index in [1.807, 2.05) is 30.3 Å². The molecule has 0 bridgehead atoms. The van der Waals surface area contributed by atoms with Crippen molar-refractivity contribution in [3.8, 4) is 0 Å². The highest BCUT2D eigenvalue weighted by atomic mass is 16.6. The van der Waals surface area contributed by atoms with Gasteiger partial charge in [-0.05, 0) is 39.3 Å². The quantitative estimate of drug-likeness (QED) is 0.678. The average Bonchev–Trinajstić information content (AvgIpc) is 2.35. The van der Waals surface area contributed by atoms with Crippen LogP contribution in [0, 0.1) is 0 Å². The third-order valence-electron chi connectivity index (χ3n) is 2.35. The number of ether oxygens (including phenoxy) is 1. The molecular weight excluding hydrogens is 254 g/mol. The first-order chi connectivity index (χ1) is 9.28. The summed E-state index contributed by atoms with van der Waals surface area (Å²) in [6, 6.07) is 8.79. The summed E-state index contributed by atoms with van der Waals surface area (Å²) in [6.45, 7) is 6.96. The molecule has 1 rings (SSSR count). The summed E-state index contributed by atoms with van der Waals surface area (Å²) >= 11 is 0. The maximum atomic E-state index is 11.7. The summed E-state index contributed by atoms with van der Waals surface area (Å²) in [6.07, 6.45) is 3.09. The lowest BCUT2D eigenvalue weighted by atomic mass is 10.2. The Labute approximate surface area is 119 Å². The predicted molar refractivity (Wildman–Crippen MR) is 78.9 cm³/mol. The molecule has 20 heavy (non-hydrogen) atoms. The van der Waals surface area contributed by atoms with Crippen LogP contribution in [0.3, 0.4) is 0 Å². The normalized spacial score (nSPS) is 13.0. The summed E-state index contributed by atoms with van der Waals surface area (Å²) in [4.78, 5) is 23.4. The van der Waals surface area contributed by atoms with Gasteiger partial charge in [0, 0.05) is 6.08 Å². The molecule has 0 aromatic heterocycles. The molecule has 1 aromatic carbocycles. The fourth-order valence-corrected chi connectivity index (χ4v) is 1.45. The zero-order chi connectivity index (χ0) is 15.2. The zero-order valence-electron chi connectivity index (χ0n) is 12.3. The van der Waals surface area contributed by atoms with Gasteiger partial charge in [0.05, 0.1) is 0 Å². The van der Waals surface area contributed by atoms with Crippen LogP contribution in [0.4, 0.5) is 0 Å². The van der Waals surface area contributed by atoms with Crippen LogP contribution >= 0.6 is 0 Å². The summed E-state index contributed by atoms with van der Waals surface area (Å²) < 4.78 is 5.19. The third kappa shape index (κ3) is 6.18. The molecule has 0 saturated heterocycles. The maximum Gasteiger partial charge on any atom is 0.328 e. The predicted octanol–water partition coefficient (Wildman–Crippen LogP) is 2.55. The van der Waals surface area contributed by atoms with Crippen molar-refractivity contribution < 1.29 is 14.3 Å². The number of nitrogens with one attached hydrogen (secondary N) is 1. The molecule has 4 heteroatoms. The number of carbonyl (C=O) groups excluding carboxylic acids is 2. The Bertz CT molecular complexity index is 486. The number of hydrogen-bond acceptors (Lipinski definition) is 3. The van der Waals surface area contributed by atoms with Crippen molar-refractivity contribution in [3.05, 3.63) is 42.0 Å². The van der Waals surface area contributed by atoms with Gasteiger partial charge in [-0.2, -0.15) is 0 Å². The van der Waals surface area contributed by atoms with E-state index in [0.29, 0.717) is 0 Å². The fourth-order valence-electron chi connectivity index (χ4n) is 1.45. The molecule has 0 spiro atoms. The molecule has 1 atom stereocenters. The van der Waals surface area contributed by atoms with Crippen LogP contribution in [-0.4, -0.2) is 23.5 Å². The highest BCUT2D eigenvalue weighted by Gasteiger charge is 2.22. The first-order valence-corrected chi connectivity index (χ1v) is 6.54. The first kappa shape index (κ1) is 16.0. The van der Waals surface area contributed by atoms with Gasteiger partial charge in [-0.25, -0.2) is 4.79 Å². The Hall–Kier alpha value is -2.10. The van der Waals surface area contributed by atoms with Crippen LogP contribution in [0.5, 0.6) is 0 Å². The van der Waals surface area contributed by atoms with Gasteiger partial charge >= 0.3 is 5.97 Å². The molecular formula is C16H21NO3. The molecule has 108 valence electrons. The van der Waals surface area contributed by atoms with Crippen molar-refractivity contribution in [3.63, 3.8) is 0 Å². The lowest BCUT2D eigenvalue weighted by Crippen LogP contribution is -2.41. The van der Waals surface area contributed by atoms with Gasteiger partial charge in [0.2, 0.25) is 5.91 Å². The molecule has 0 saturated carbocycles. The first-order valence-electron chi connectivity index (χ1n) is 6.54. The highest BCUT2D eigenvalue weighted by molar-refractivity contribution is 5.94. The van der Waals surface area contributed by atoms with E-state index < -0.39 is 17.6 Å². The fraction of sp³-hybridized carbons (Fsp3) is 0.375. The van der Waals surface area contributed by atoms with Crippen LogP contribution in [0.25, 0.3) is 6.08 Å². The summed E-state index contributed by atoms with van der Waals surface area (Å²) in [5, 5.41) is 2.57. The molecule has 0 heterocycles. The lowest BCUT2D eigenvalue weighted by molar-refractivity contribution is -0.157. The molecule has 4 nitrogen and oxygen atoms in total. The lowest BCUT2D eigenvalue weighted by Gasteiger charge is -2.22. The van der Waals surface area contributed by atoms with Gasteiger partial charge in [-0.1, -0.05) is 30.3 Å². The van der Waals surface area contributed by atoms with E-state index in [2.05, 4.69) is 5.32 Å². The SMILES string of the molecule is C[C@@H](NC(=O)/C=C/c1ccccc1)C(=O)OC(C)(C)C. The van der Waals surface area contributed by atoms with Gasteiger partial charge in [-0.15, -0.1) is 0 Å². The highest BCUT2D eigenvalue weighted by Crippen LogP contribution is 2.08. The summed E-state index contributed by atoms with van der Waals surface area (Å²) in [7, 11) is 0. The van der Waals surface area contributed by atoms with Crippen molar-refractivity contribution in [2.45, 2.75) is 39.3 Å². The van der Waals surface area contributed by atoms with Crippen molar-refractivity contribution in [1.29, 1.82) is 0 Å². The smallest absolute Gasteiger partial charge is 0.328 e. The third-order valence-corrected chi connectivity index (χ3v) is 2.35. The van der Waals surface area contributed by atoms with Crippen molar-refractivity contribution >= 4 is 18.0 Å². The minimum atomic E-state index is -0.679. The molecule has 0 aliphatic rings. The van der Waals surface area contributed by atoms with Gasteiger partial charge < -0.3 is 10.1 Å². The molecule has 0 aliphatic heterocycles. The van der Waals surface area contributed by atoms with E-state index in [-0.39, 0.29) is 5.91 Å². The zero-order valence-corrected chi connectivity index (χ0v) is 12.3. The van der Waals surface area contributed by atoms with Crippen LogP contribution < -0.4 is 5.32 Å². The molecule has 0 unspecified atom stereocenters. The minimum absolute atomic E-state index is 0.327. The second kappa shape index (κ2) is 6.89. The number of esters is 1. The Balaban J connectivity index is 2.50. The average molecular weight is 275 g/mol. The number of carbonyl (C=O) groups is 2. The Morgan fingerprint density at radius 2 is 1.80 bits per heavy atom. The second-order valence-corrected chi connectivity index (χ2v) is 5.51.